The Labute approximate surface area is 160 Å². The summed E-state index contributed by atoms with van der Waals surface area (Å²) in [6.45, 7) is 3.84. The Morgan fingerprint density at radius 3 is 2.52 bits per heavy atom. The average Bonchev–Trinajstić information content (AvgIpc) is 2.88. The topological polar surface area (TPSA) is 49.9 Å². The Balaban J connectivity index is 1.88. The highest BCUT2D eigenvalue weighted by Crippen LogP contribution is 2.45. The quantitative estimate of drug-likeness (QED) is 0.813. The number of likely N-dealkylation sites (N-methyl/N-ethyl adjacent to an activating group) is 1. The van der Waals surface area contributed by atoms with Gasteiger partial charge in [0.25, 0.3) is 0 Å². The van der Waals surface area contributed by atoms with Crippen LogP contribution in [0.3, 0.4) is 0 Å². The van der Waals surface area contributed by atoms with E-state index in [1.807, 2.05) is 62.4 Å². The maximum atomic E-state index is 13.1. The van der Waals surface area contributed by atoms with Gasteiger partial charge in [-0.05, 0) is 43.2 Å². The number of benzene rings is 2. The second-order valence-corrected chi connectivity index (χ2v) is 7.35. The van der Waals surface area contributed by atoms with E-state index in [2.05, 4.69) is 0 Å². The number of anilines is 1. The van der Waals surface area contributed by atoms with Crippen LogP contribution < -0.4 is 9.64 Å². The Morgan fingerprint density at radius 2 is 1.89 bits per heavy atom. The predicted molar refractivity (Wildman–Crippen MR) is 106 cm³/mol. The summed E-state index contributed by atoms with van der Waals surface area (Å²) >= 11 is 0. The lowest BCUT2D eigenvalue weighted by atomic mass is 9.80. The van der Waals surface area contributed by atoms with E-state index in [9.17, 15) is 9.59 Å². The molecule has 2 atom stereocenters. The number of rotatable bonds is 5. The summed E-state index contributed by atoms with van der Waals surface area (Å²) in [4.78, 5) is 29.4. The maximum Gasteiger partial charge on any atom is 0.237 e. The van der Waals surface area contributed by atoms with Crippen molar-refractivity contribution in [1.29, 1.82) is 0 Å². The number of amides is 2. The first-order valence-electron chi connectivity index (χ1n) is 9.07. The number of carbonyl (C=O) groups excluding carboxylic acids is 2. The van der Waals surface area contributed by atoms with Gasteiger partial charge in [-0.15, -0.1) is 0 Å². The number of ether oxygens (including phenoxy) is 1. The number of hydrogen-bond acceptors (Lipinski definition) is 3. The molecule has 0 aliphatic carbocycles. The first kappa shape index (κ1) is 19.0. The van der Waals surface area contributed by atoms with Crippen LogP contribution >= 0.6 is 0 Å². The number of carbonyl (C=O) groups is 2. The van der Waals surface area contributed by atoms with Gasteiger partial charge in [-0.3, -0.25) is 9.59 Å². The second kappa shape index (κ2) is 7.06. The van der Waals surface area contributed by atoms with Crippen LogP contribution in [0.4, 0.5) is 5.69 Å². The largest absolute Gasteiger partial charge is 0.497 e. The summed E-state index contributed by atoms with van der Waals surface area (Å²) in [5, 5.41) is 0. The van der Waals surface area contributed by atoms with Crippen molar-refractivity contribution in [1.82, 2.24) is 4.90 Å². The molecule has 1 heterocycles. The molecular weight excluding hydrogens is 340 g/mol. The molecule has 2 aromatic rings. The van der Waals surface area contributed by atoms with Crippen molar-refractivity contribution in [2.45, 2.75) is 31.7 Å². The Hall–Kier alpha value is -2.82. The third-order valence-electron chi connectivity index (χ3n) is 5.70. The van der Waals surface area contributed by atoms with E-state index in [0.717, 1.165) is 16.8 Å². The zero-order valence-corrected chi connectivity index (χ0v) is 16.5. The second-order valence-electron chi connectivity index (χ2n) is 7.35. The molecule has 0 unspecified atom stereocenters. The van der Waals surface area contributed by atoms with E-state index in [0.29, 0.717) is 5.75 Å². The van der Waals surface area contributed by atoms with Gasteiger partial charge in [0, 0.05) is 26.2 Å². The van der Waals surface area contributed by atoms with Gasteiger partial charge in [0.05, 0.1) is 18.6 Å². The lowest BCUT2D eigenvalue weighted by molar-refractivity contribution is -0.136. The molecule has 0 saturated heterocycles. The van der Waals surface area contributed by atoms with E-state index in [4.69, 9.17) is 4.74 Å². The minimum absolute atomic E-state index is 0.0636. The van der Waals surface area contributed by atoms with Crippen LogP contribution in [-0.4, -0.2) is 37.9 Å². The molecule has 1 aliphatic heterocycles. The first-order valence-corrected chi connectivity index (χ1v) is 9.07. The third kappa shape index (κ3) is 3.18. The fourth-order valence-electron chi connectivity index (χ4n) is 3.74. The summed E-state index contributed by atoms with van der Waals surface area (Å²) in [5.74, 6) is 0.549. The summed E-state index contributed by atoms with van der Waals surface area (Å²) in [6.07, 6.45) is 0.115. The molecule has 0 saturated carbocycles. The molecule has 0 aromatic heterocycles. The fourth-order valence-corrected chi connectivity index (χ4v) is 3.74. The van der Waals surface area contributed by atoms with Gasteiger partial charge in [-0.1, -0.05) is 30.3 Å². The molecule has 0 fully saturated rings. The van der Waals surface area contributed by atoms with Crippen molar-refractivity contribution in [2.75, 3.05) is 26.1 Å². The SMILES string of the molecule is COc1ccc2c(c1)[C@@](C)(CC(=O)N(C)[C@@H](C)c1ccccc1)C(=O)N2C. The van der Waals surface area contributed by atoms with Crippen LogP contribution in [0.1, 0.15) is 37.4 Å². The molecule has 1 aliphatic rings. The van der Waals surface area contributed by atoms with E-state index < -0.39 is 5.41 Å². The van der Waals surface area contributed by atoms with E-state index in [1.165, 1.54) is 0 Å². The lowest BCUT2D eigenvalue weighted by Crippen LogP contribution is -2.41. The van der Waals surface area contributed by atoms with Crippen molar-refractivity contribution in [3.63, 3.8) is 0 Å². The molecule has 27 heavy (non-hydrogen) atoms. The zero-order valence-electron chi connectivity index (χ0n) is 16.5. The molecule has 0 radical (unpaired) electrons. The molecule has 0 bridgehead atoms. The highest BCUT2D eigenvalue weighted by molar-refractivity contribution is 6.09. The standard InChI is InChI=1S/C22H26N2O3/c1-15(16-9-7-6-8-10-16)23(3)20(25)14-22(2)18-13-17(27-5)11-12-19(18)24(4)21(22)26/h6-13,15H,14H2,1-5H3/t15-,22+/m0/s1. The highest BCUT2D eigenvalue weighted by atomic mass is 16.5. The molecular formula is C22H26N2O3. The Morgan fingerprint density at radius 1 is 1.22 bits per heavy atom. The Kier molecular flexibility index (Phi) is 4.96. The molecule has 2 amide bonds. The fraction of sp³-hybridized carbons (Fsp3) is 0.364. The summed E-state index contributed by atoms with van der Waals surface area (Å²) in [7, 11) is 5.14. The summed E-state index contributed by atoms with van der Waals surface area (Å²) in [6, 6.07) is 15.4. The minimum Gasteiger partial charge on any atom is -0.497 e. The molecule has 5 nitrogen and oxygen atoms in total. The van der Waals surface area contributed by atoms with Crippen molar-refractivity contribution >= 4 is 17.5 Å². The van der Waals surface area contributed by atoms with Crippen molar-refractivity contribution in [2.24, 2.45) is 0 Å². The Bertz CT molecular complexity index is 865. The zero-order chi connectivity index (χ0) is 19.8. The number of fused-ring (bicyclic) bond motifs is 1. The molecule has 5 heteroatoms. The van der Waals surface area contributed by atoms with E-state index in [1.54, 1.807) is 31.0 Å². The van der Waals surface area contributed by atoms with Crippen molar-refractivity contribution in [3.05, 3.63) is 59.7 Å². The van der Waals surface area contributed by atoms with Crippen LogP contribution in [0.15, 0.2) is 48.5 Å². The van der Waals surface area contributed by atoms with Crippen LogP contribution in [0.5, 0.6) is 5.75 Å². The number of nitrogens with zero attached hydrogens (tertiary/aromatic N) is 2. The normalized spacial score (nSPS) is 19.6. The van der Waals surface area contributed by atoms with E-state index >= 15 is 0 Å². The average molecular weight is 366 g/mol. The van der Waals surface area contributed by atoms with Gasteiger partial charge in [0.15, 0.2) is 0 Å². The van der Waals surface area contributed by atoms with Gasteiger partial charge < -0.3 is 14.5 Å². The molecule has 142 valence electrons. The third-order valence-corrected chi connectivity index (χ3v) is 5.70. The van der Waals surface area contributed by atoms with Crippen LogP contribution in [-0.2, 0) is 15.0 Å². The summed E-state index contributed by atoms with van der Waals surface area (Å²) < 4.78 is 5.33. The van der Waals surface area contributed by atoms with Gasteiger partial charge in [-0.25, -0.2) is 0 Å². The number of hydrogen-bond donors (Lipinski definition) is 0. The van der Waals surface area contributed by atoms with Crippen molar-refractivity contribution < 1.29 is 14.3 Å². The first-order chi connectivity index (χ1) is 12.8. The van der Waals surface area contributed by atoms with Gasteiger partial charge in [-0.2, -0.15) is 0 Å². The predicted octanol–water partition coefficient (Wildman–Crippen LogP) is 3.54. The number of methoxy groups -OCH3 is 1. The molecule has 0 N–H and O–H groups in total. The molecule has 0 spiro atoms. The van der Waals surface area contributed by atoms with Crippen LogP contribution in [0.2, 0.25) is 0 Å². The minimum atomic E-state index is -0.902. The molecule has 3 rings (SSSR count). The summed E-state index contributed by atoms with van der Waals surface area (Å²) in [5.41, 5.74) is 1.83. The molecule has 2 aromatic carbocycles. The van der Waals surface area contributed by atoms with E-state index in [-0.39, 0.29) is 24.3 Å². The lowest BCUT2D eigenvalue weighted by Gasteiger charge is -2.30. The van der Waals surface area contributed by atoms with Crippen LogP contribution in [0.25, 0.3) is 0 Å². The van der Waals surface area contributed by atoms with Gasteiger partial charge >= 0.3 is 0 Å². The van der Waals surface area contributed by atoms with Crippen LogP contribution in [0, 0.1) is 0 Å². The monoisotopic (exact) mass is 366 g/mol. The smallest absolute Gasteiger partial charge is 0.237 e. The van der Waals surface area contributed by atoms with Gasteiger partial charge in [0.1, 0.15) is 5.75 Å². The van der Waals surface area contributed by atoms with Crippen molar-refractivity contribution in [3.8, 4) is 5.75 Å². The van der Waals surface area contributed by atoms with Gasteiger partial charge in [0.2, 0.25) is 11.8 Å². The highest BCUT2D eigenvalue weighted by Gasteiger charge is 2.48. The maximum absolute atomic E-state index is 13.1.